The number of carbonyl (C=O) groups excluding carboxylic acids is 2. The van der Waals surface area contributed by atoms with Crippen molar-refractivity contribution in [3.8, 4) is 0 Å². The summed E-state index contributed by atoms with van der Waals surface area (Å²) in [5.74, 6) is -1.61. The second-order valence-corrected chi connectivity index (χ2v) is 10.1. The molecule has 12 heteroatoms. The molecule has 0 aliphatic carbocycles. The van der Waals surface area contributed by atoms with Gasteiger partial charge in [-0.2, -0.15) is 0 Å². The average Bonchev–Trinajstić information content (AvgIpc) is 3.34. The van der Waals surface area contributed by atoms with Crippen molar-refractivity contribution < 1.29 is 58.4 Å². The van der Waals surface area contributed by atoms with Crippen molar-refractivity contribution in [1.82, 2.24) is 0 Å². The van der Waals surface area contributed by atoms with Gasteiger partial charge in [-0.25, -0.2) is 9.59 Å². The van der Waals surface area contributed by atoms with E-state index in [0.29, 0.717) is 11.1 Å². The number of rotatable bonds is 11. The van der Waals surface area contributed by atoms with E-state index in [0.717, 1.165) is 0 Å². The van der Waals surface area contributed by atoms with Gasteiger partial charge in [-0.1, -0.05) is 36.4 Å². The first-order chi connectivity index (χ1) is 19.6. The first-order valence-corrected chi connectivity index (χ1v) is 13.4. The van der Waals surface area contributed by atoms with Gasteiger partial charge in [0.05, 0.1) is 29.9 Å². The van der Waals surface area contributed by atoms with Gasteiger partial charge in [-0.15, -0.1) is 0 Å². The van der Waals surface area contributed by atoms with Crippen LogP contribution in [-0.2, 0) is 28.4 Å². The summed E-state index contributed by atoms with van der Waals surface area (Å²) in [4.78, 5) is 24.6. The molecule has 12 nitrogen and oxygen atoms in total. The van der Waals surface area contributed by atoms with Gasteiger partial charge in [0, 0.05) is 12.3 Å². The fraction of sp³-hybridized carbons (Fsp3) is 0.517. The highest BCUT2D eigenvalue weighted by Crippen LogP contribution is 2.30. The molecule has 224 valence electrons. The van der Waals surface area contributed by atoms with Crippen molar-refractivity contribution in [2.45, 2.75) is 75.8 Å². The molecule has 0 aromatic heterocycles. The molecular weight excluding hydrogens is 540 g/mol. The Kier molecular flexibility index (Phi) is 10.8. The lowest BCUT2D eigenvalue weighted by atomic mass is 9.99. The van der Waals surface area contributed by atoms with Crippen LogP contribution in [0.3, 0.4) is 0 Å². The number of ether oxygens (including phenoxy) is 6. The summed E-state index contributed by atoms with van der Waals surface area (Å²) in [6, 6.07) is 16.7. The third-order valence-electron chi connectivity index (χ3n) is 7.03. The van der Waals surface area contributed by atoms with Gasteiger partial charge < -0.3 is 48.8 Å². The Hall–Kier alpha value is -2.94. The summed E-state index contributed by atoms with van der Waals surface area (Å²) >= 11 is 0. The van der Waals surface area contributed by atoms with E-state index in [1.54, 1.807) is 74.5 Å². The molecule has 2 aliphatic heterocycles. The molecule has 2 aromatic rings. The van der Waals surface area contributed by atoms with Crippen molar-refractivity contribution in [1.29, 1.82) is 0 Å². The summed E-state index contributed by atoms with van der Waals surface area (Å²) in [5, 5.41) is 41.3. The molecule has 2 aromatic carbocycles. The zero-order chi connectivity index (χ0) is 29.5. The summed E-state index contributed by atoms with van der Waals surface area (Å²) in [7, 11) is 0. The predicted molar refractivity (Wildman–Crippen MR) is 140 cm³/mol. The van der Waals surface area contributed by atoms with Gasteiger partial charge in [-0.05, 0) is 38.1 Å². The van der Waals surface area contributed by atoms with E-state index in [4.69, 9.17) is 28.4 Å². The Morgan fingerprint density at radius 3 is 1.80 bits per heavy atom. The third-order valence-corrected chi connectivity index (χ3v) is 7.03. The Morgan fingerprint density at radius 1 is 0.732 bits per heavy atom. The van der Waals surface area contributed by atoms with E-state index in [1.165, 1.54) is 0 Å². The molecule has 0 saturated carbocycles. The third kappa shape index (κ3) is 8.09. The van der Waals surface area contributed by atoms with Gasteiger partial charge in [0.25, 0.3) is 0 Å². The molecule has 2 fully saturated rings. The lowest BCUT2D eigenvalue weighted by molar-refractivity contribution is -0.321. The van der Waals surface area contributed by atoms with Crippen molar-refractivity contribution >= 4 is 11.9 Å². The number of hydrogen-bond acceptors (Lipinski definition) is 12. The largest absolute Gasteiger partial charge is 0.462 e. The van der Waals surface area contributed by atoms with Crippen LogP contribution in [0.5, 0.6) is 0 Å². The highest BCUT2D eigenvalue weighted by molar-refractivity contribution is 5.89. The van der Waals surface area contributed by atoms with Crippen LogP contribution in [0, 0.1) is 5.92 Å². The standard InChI is InChI=1S/C29H36O12/c1-16(38-28-20(13-22(30)41-28)14-36-26(34)18-9-5-3-6-10-18)17(2)39-29-25(33)24(32)23(31)21(40-29)15-37-27(35)19-11-7-4-8-12-19/h3-12,16-17,20-25,28-33H,13-15H2,1-2H3/t16-,17+,20-,21+,22+,23+,24-,25+,28+,29+/m0/s1. The smallest absolute Gasteiger partial charge is 0.338 e. The molecule has 2 heterocycles. The van der Waals surface area contributed by atoms with Crippen LogP contribution in [0.4, 0.5) is 0 Å². The van der Waals surface area contributed by atoms with Gasteiger partial charge in [0.1, 0.15) is 31.0 Å². The lowest BCUT2D eigenvalue weighted by Gasteiger charge is -2.41. The van der Waals surface area contributed by atoms with E-state index in [9.17, 15) is 30.0 Å². The van der Waals surface area contributed by atoms with Gasteiger partial charge in [-0.3, -0.25) is 0 Å². The average molecular weight is 577 g/mol. The van der Waals surface area contributed by atoms with Crippen LogP contribution in [0.1, 0.15) is 41.0 Å². The maximum atomic E-state index is 12.3. The number of aliphatic hydroxyl groups excluding tert-OH is 4. The van der Waals surface area contributed by atoms with Crippen LogP contribution in [0.2, 0.25) is 0 Å². The van der Waals surface area contributed by atoms with Crippen LogP contribution < -0.4 is 0 Å². The molecule has 10 atom stereocenters. The topological polar surface area (TPSA) is 170 Å². The first-order valence-electron chi connectivity index (χ1n) is 13.4. The molecule has 4 rings (SSSR count). The Morgan fingerprint density at radius 2 is 1.24 bits per heavy atom. The van der Waals surface area contributed by atoms with E-state index in [-0.39, 0.29) is 13.0 Å². The Bertz CT molecular complexity index is 1120. The second kappa shape index (κ2) is 14.3. The van der Waals surface area contributed by atoms with Crippen molar-refractivity contribution in [3.63, 3.8) is 0 Å². The molecule has 2 saturated heterocycles. The van der Waals surface area contributed by atoms with Gasteiger partial charge >= 0.3 is 11.9 Å². The fourth-order valence-corrected chi connectivity index (χ4v) is 4.45. The Labute approximate surface area is 237 Å². The molecule has 0 radical (unpaired) electrons. The minimum atomic E-state index is -1.63. The maximum absolute atomic E-state index is 12.3. The number of hydrogen-bond donors (Lipinski definition) is 4. The summed E-state index contributed by atoms with van der Waals surface area (Å²) in [6.07, 6.45) is -10.6. The molecule has 0 bridgehead atoms. The summed E-state index contributed by atoms with van der Waals surface area (Å²) in [5.41, 5.74) is 0.699. The SMILES string of the molecule is C[C@H](O[C@@H]1O[C@@H](O)C[C@H]1COC(=O)c1ccccc1)[C@@H](C)O[C@@H]1O[C@H](COC(=O)c2ccccc2)[C@@H](O)[C@H](O)[C@H]1O. The van der Waals surface area contributed by atoms with E-state index < -0.39 is 80.0 Å². The summed E-state index contributed by atoms with van der Waals surface area (Å²) < 4.78 is 33.5. The molecule has 2 aliphatic rings. The number of carbonyl (C=O) groups is 2. The number of esters is 2. The van der Waals surface area contributed by atoms with Crippen LogP contribution in [0.15, 0.2) is 60.7 Å². The van der Waals surface area contributed by atoms with Crippen molar-refractivity contribution in [2.24, 2.45) is 5.92 Å². The first kappa shape index (κ1) is 31.0. The minimum Gasteiger partial charge on any atom is -0.462 e. The van der Waals surface area contributed by atoms with Crippen molar-refractivity contribution in [2.75, 3.05) is 13.2 Å². The second-order valence-electron chi connectivity index (χ2n) is 10.1. The quantitative estimate of drug-likeness (QED) is 0.280. The lowest BCUT2D eigenvalue weighted by Crippen LogP contribution is -2.60. The molecule has 0 amide bonds. The number of aliphatic hydroxyl groups is 4. The number of benzene rings is 2. The highest BCUT2D eigenvalue weighted by atomic mass is 16.8. The van der Waals surface area contributed by atoms with E-state index >= 15 is 0 Å². The van der Waals surface area contributed by atoms with E-state index in [2.05, 4.69) is 0 Å². The zero-order valence-electron chi connectivity index (χ0n) is 22.7. The molecule has 41 heavy (non-hydrogen) atoms. The van der Waals surface area contributed by atoms with Crippen molar-refractivity contribution in [3.05, 3.63) is 71.8 Å². The Balaban J connectivity index is 1.29. The summed E-state index contributed by atoms with van der Waals surface area (Å²) in [6.45, 7) is 2.87. The normalized spacial score (nSPS) is 31.3. The fourth-order valence-electron chi connectivity index (χ4n) is 4.45. The maximum Gasteiger partial charge on any atom is 0.338 e. The van der Waals surface area contributed by atoms with Gasteiger partial charge in [0.15, 0.2) is 18.9 Å². The van der Waals surface area contributed by atoms with Gasteiger partial charge in [0.2, 0.25) is 0 Å². The van der Waals surface area contributed by atoms with Crippen LogP contribution in [0.25, 0.3) is 0 Å². The van der Waals surface area contributed by atoms with Crippen LogP contribution >= 0.6 is 0 Å². The monoisotopic (exact) mass is 576 g/mol. The molecule has 4 N–H and O–H groups in total. The highest BCUT2D eigenvalue weighted by Gasteiger charge is 2.46. The predicted octanol–water partition coefficient (Wildman–Crippen LogP) is 0.999. The minimum absolute atomic E-state index is 0.0463. The molecule has 0 unspecified atom stereocenters. The molecular formula is C29H36O12. The molecule has 0 spiro atoms. The van der Waals surface area contributed by atoms with E-state index in [1.807, 2.05) is 0 Å². The zero-order valence-corrected chi connectivity index (χ0v) is 22.7. The van der Waals surface area contributed by atoms with Crippen LogP contribution in [-0.4, -0.2) is 101 Å².